The number of hydrogen-bond donors (Lipinski definition) is 1. The summed E-state index contributed by atoms with van der Waals surface area (Å²) in [5.74, 6) is -0.270. The molecule has 1 heterocycles. The SMILES string of the molecule is CCN(c1ccc(C(=O)Nc2cccc(S(=O)(=O)N3CCN(C)CC3)c2)cc1)C(C)C. The van der Waals surface area contributed by atoms with Gasteiger partial charge in [-0.2, -0.15) is 4.31 Å². The number of benzene rings is 2. The molecule has 0 unspecified atom stereocenters. The van der Waals surface area contributed by atoms with E-state index >= 15 is 0 Å². The van der Waals surface area contributed by atoms with Crippen LogP contribution in [0.25, 0.3) is 0 Å². The molecule has 1 aliphatic rings. The van der Waals surface area contributed by atoms with Crippen LogP contribution < -0.4 is 10.2 Å². The van der Waals surface area contributed by atoms with Gasteiger partial charge in [-0.25, -0.2) is 8.42 Å². The summed E-state index contributed by atoms with van der Waals surface area (Å²) < 4.78 is 27.5. The normalized spacial score (nSPS) is 15.8. The molecule has 2 aromatic rings. The van der Waals surface area contributed by atoms with Crippen molar-refractivity contribution in [1.29, 1.82) is 0 Å². The molecule has 0 spiro atoms. The summed E-state index contributed by atoms with van der Waals surface area (Å²) in [4.78, 5) is 17.3. The third kappa shape index (κ3) is 5.44. The van der Waals surface area contributed by atoms with E-state index in [1.54, 1.807) is 30.3 Å². The summed E-state index contributed by atoms with van der Waals surface area (Å²) in [6.45, 7) is 9.60. The molecule has 7 nitrogen and oxygen atoms in total. The number of piperazine rings is 1. The van der Waals surface area contributed by atoms with E-state index in [0.717, 1.165) is 12.2 Å². The Labute approximate surface area is 185 Å². The molecule has 0 radical (unpaired) electrons. The molecule has 0 saturated carbocycles. The van der Waals surface area contributed by atoms with Crippen molar-refractivity contribution in [3.05, 3.63) is 54.1 Å². The van der Waals surface area contributed by atoms with Crippen molar-refractivity contribution in [2.24, 2.45) is 0 Å². The minimum Gasteiger partial charge on any atom is -0.369 e. The number of hydrogen-bond acceptors (Lipinski definition) is 5. The van der Waals surface area contributed by atoms with Crippen LogP contribution in [-0.4, -0.2) is 69.3 Å². The summed E-state index contributed by atoms with van der Waals surface area (Å²) in [7, 11) is -1.60. The lowest BCUT2D eigenvalue weighted by atomic mass is 10.1. The summed E-state index contributed by atoms with van der Waals surface area (Å²) in [5, 5.41) is 2.82. The van der Waals surface area contributed by atoms with Gasteiger partial charge in [-0.15, -0.1) is 0 Å². The van der Waals surface area contributed by atoms with Crippen LogP contribution in [0.4, 0.5) is 11.4 Å². The fraction of sp³-hybridized carbons (Fsp3) is 0.435. The molecular formula is C23H32N4O3S. The van der Waals surface area contributed by atoms with Gasteiger partial charge < -0.3 is 15.1 Å². The van der Waals surface area contributed by atoms with E-state index in [4.69, 9.17) is 0 Å². The van der Waals surface area contributed by atoms with Gasteiger partial charge in [0.2, 0.25) is 10.0 Å². The highest BCUT2D eigenvalue weighted by Gasteiger charge is 2.27. The number of carbonyl (C=O) groups excluding carboxylic acids is 1. The lowest BCUT2D eigenvalue weighted by Gasteiger charge is -2.31. The van der Waals surface area contributed by atoms with Crippen LogP contribution in [0.1, 0.15) is 31.1 Å². The number of sulfonamides is 1. The summed E-state index contributed by atoms with van der Waals surface area (Å²) in [6, 6.07) is 14.3. The van der Waals surface area contributed by atoms with Gasteiger partial charge in [0.1, 0.15) is 0 Å². The third-order valence-corrected chi connectivity index (χ3v) is 7.51. The molecule has 1 N–H and O–H groups in total. The first-order chi connectivity index (χ1) is 14.7. The Morgan fingerprint density at radius 2 is 1.71 bits per heavy atom. The van der Waals surface area contributed by atoms with Gasteiger partial charge in [0.15, 0.2) is 0 Å². The van der Waals surface area contributed by atoms with Crippen LogP contribution in [0.2, 0.25) is 0 Å². The van der Waals surface area contributed by atoms with E-state index in [1.165, 1.54) is 10.4 Å². The predicted molar refractivity (Wildman–Crippen MR) is 125 cm³/mol. The molecule has 2 aromatic carbocycles. The summed E-state index contributed by atoms with van der Waals surface area (Å²) >= 11 is 0. The highest BCUT2D eigenvalue weighted by molar-refractivity contribution is 7.89. The van der Waals surface area contributed by atoms with E-state index in [1.807, 2.05) is 19.2 Å². The second-order valence-corrected chi connectivity index (χ2v) is 10.1. The van der Waals surface area contributed by atoms with E-state index in [0.29, 0.717) is 43.5 Å². The van der Waals surface area contributed by atoms with Crippen molar-refractivity contribution < 1.29 is 13.2 Å². The first-order valence-electron chi connectivity index (χ1n) is 10.7. The van der Waals surface area contributed by atoms with Gasteiger partial charge in [-0.05, 0) is 70.3 Å². The minimum atomic E-state index is -3.58. The Kier molecular flexibility index (Phi) is 7.35. The summed E-state index contributed by atoms with van der Waals surface area (Å²) in [6.07, 6.45) is 0. The van der Waals surface area contributed by atoms with E-state index < -0.39 is 10.0 Å². The number of anilines is 2. The van der Waals surface area contributed by atoms with Gasteiger partial charge in [0.05, 0.1) is 4.90 Å². The van der Waals surface area contributed by atoms with Crippen LogP contribution in [-0.2, 0) is 10.0 Å². The molecule has 1 aliphatic heterocycles. The van der Waals surface area contributed by atoms with E-state index in [9.17, 15) is 13.2 Å². The van der Waals surface area contributed by atoms with E-state index in [-0.39, 0.29) is 10.8 Å². The van der Waals surface area contributed by atoms with Crippen LogP contribution in [0.5, 0.6) is 0 Å². The molecule has 0 aliphatic carbocycles. The number of nitrogens with zero attached hydrogens (tertiary/aromatic N) is 3. The zero-order chi connectivity index (χ0) is 22.6. The van der Waals surface area contributed by atoms with Crippen molar-refractivity contribution in [1.82, 2.24) is 9.21 Å². The van der Waals surface area contributed by atoms with Crippen molar-refractivity contribution in [3.63, 3.8) is 0 Å². The fourth-order valence-electron chi connectivity index (χ4n) is 3.77. The van der Waals surface area contributed by atoms with Gasteiger partial charge in [-0.3, -0.25) is 4.79 Å². The molecule has 0 atom stereocenters. The first kappa shape index (κ1) is 23.2. The second kappa shape index (κ2) is 9.80. The molecule has 3 rings (SSSR count). The molecule has 1 saturated heterocycles. The maximum atomic E-state index is 13.0. The highest BCUT2D eigenvalue weighted by atomic mass is 32.2. The number of carbonyl (C=O) groups is 1. The van der Waals surface area contributed by atoms with Crippen molar-refractivity contribution in [2.75, 3.05) is 50.0 Å². The fourth-order valence-corrected chi connectivity index (χ4v) is 5.23. The Morgan fingerprint density at radius 3 is 2.29 bits per heavy atom. The standard InChI is InChI=1S/C23H32N4O3S/c1-5-27(18(2)3)21-11-9-19(10-12-21)23(28)24-20-7-6-8-22(17-20)31(29,30)26-15-13-25(4)14-16-26/h6-12,17-18H,5,13-16H2,1-4H3,(H,24,28). The first-order valence-corrected chi connectivity index (χ1v) is 12.1. The number of nitrogens with one attached hydrogen (secondary N) is 1. The molecule has 168 valence electrons. The molecule has 1 fully saturated rings. The van der Waals surface area contributed by atoms with Crippen LogP contribution >= 0.6 is 0 Å². The number of rotatable bonds is 7. The highest BCUT2D eigenvalue weighted by Crippen LogP contribution is 2.22. The zero-order valence-electron chi connectivity index (χ0n) is 18.7. The molecule has 0 bridgehead atoms. The topological polar surface area (TPSA) is 73.0 Å². The van der Waals surface area contributed by atoms with Gasteiger partial charge in [0, 0.05) is 55.7 Å². The molecule has 31 heavy (non-hydrogen) atoms. The Bertz CT molecular complexity index is 998. The minimum absolute atomic E-state index is 0.195. The maximum Gasteiger partial charge on any atom is 0.255 e. The zero-order valence-corrected chi connectivity index (χ0v) is 19.5. The summed E-state index contributed by atoms with van der Waals surface area (Å²) in [5.41, 5.74) is 2.05. The third-order valence-electron chi connectivity index (χ3n) is 5.62. The van der Waals surface area contributed by atoms with Gasteiger partial charge in [-0.1, -0.05) is 6.07 Å². The van der Waals surface area contributed by atoms with Crippen LogP contribution in [0.3, 0.4) is 0 Å². The maximum absolute atomic E-state index is 13.0. The quantitative estimate of drug-likeness (QED) is 0.710. The Balaban J connectivity index is 1.73. The lowest BCUT2D eigenvalue weighted by molar-refractivity contribution is 0.102. The van der Waals surface area contributed by atoms with Gasteiger partial charge >= 0.3 is 0 Å². The van der Waals surface area contributed by atoms with E-state index in [2.05, 4.69) is 35.9 Å². The predicted octanol–water partition coefficient (Wildman–Crippen LogP) is 3.11. The number of likely N-dealkylation sites (N-methyl/N-ethyl adjacent to an activating group) is 1. The van der Waals surface area contributed by atoms with Crippen LogP contribution in [0.15, 0.2) is 53.4 Å². The lowest BCUT2D eigenvalue weighted by Crippen LogP contribution is -2.47. The molecule has 8 heteroatoms. The van der Waals surface area contributed by atoms with Gasteiger partial charge in [0.25, 0.3) is 5.91 Å². The molecule has 0 aromatic heterocycles. The number of amides is 1. The van der Waals surface area contributed by atoms with Crippen molar-refractivity contribution in [3.8, 4) is 0 Å². The van der Waals surface area contributed by atoms with Crippen LogP contribution in [0, 0.1) is 0 Å². The largest absolute Gasteiger partial charge is 0.369 e. The average Bonchev–Trinajstić information content (AvgIpc) is 2.75. The average molecular weight is 445 g/mol. The van der Waals surface area contributed by atoms with Crippen molar-refractivity contribution in [2.45, 2.75) is 31.7 Å². The molecular weight excluding hydrogens is 412 g/mol. The Hall–Kier alpha value is -2.42. The smallest absolute Gasteiger partial charge is 0.255 e. The Morgan fingerprint density at radius 1 is 1.06 bits per heavy atom. The monoisotopic (exact) mass is 444 g/mol. The van der Waals surface area contributed by atoms with Crippen molar-refractivity contribution >= 4 is 27.3 Å². The molecule has 1 amide bonds. The second-order valence-electron chi connectivity index (χ2n) is 8.12.